The van der Waals surface area contributed by atoms with E-state index in [0.717, 1.165) is 12.7 Å². The number of thiocarbonyl (C=S) groups is 1. The van der Waals surface area contributed by atoms with Crippen LogP contribution in [0.25, 0.3) is 0 Å². The minimum Gasteiger partial charge on any atom is -0.362 e. The Kier molecular flexibility index (Phi) is 6.72. The van der Waals surface area contributed by atoms with E-state index in [1.54, 1.807) is 6.07 Å². The van der Waals surface area contributed by atoms with E-state index in [-0.39, 0.29) is 5.69 Å². The first kappa shape index (κ1) is 19.1. The zero-order valence-corrected chi connectivity index (χ0v) is 15.4. The van der Waals surface area contributed by atoms with Crippen molar-refractivity contribution in [2.45, 2.75) is 13.0 Å². The Bertz CT molecular complexity index is 827. The third-order valence-electron chi connectivity index (χ3n) is 3.32. The third-order valence-corrected chi connectivity index (χ3v) is 4.20. The number of nitrogens with one attached hydrogen (secondary N) is 3. The molecule has 0 saturated carbocycles. The first-order valence-corrected chi connectivity index (χ1v) is 9.95. The number of halogens is 1. The molecule has 8 heteroatoms. The van der Waals surface area contributed by atoms with Crippen molar-refractivity contribution >= 4 is 33.0 Å². The summed E-state index contributed by atoms with van der Waals surface area (Å²) in [4.78, 5) is 0. The van der Waals surface area contributed by atoms with Crippen molar-refractivity contribution in [3.63, 3.8) is 0 Å². The van der Waals surface area contributed by atoms with Gasteiger partial charge in [0.15, 0.2) is 5.11 Å². The van der Waals surface area contributed by atoms with Crippen LogP contribution in [0.3, 0.4) is 0 Å². The molecule has 0 aliphatic rings. The normalized spacial score (nSPS) is 11.0. The van der Waals surface area contributed by atoms with Gasteiger partial charge in [-0.25, -0.2) is 12.8 Å². The van der Waals surface area contributed by atoms with Gasteiger partial charge in [0.1, 0.15) is 5.82 Å². The van der Waals surface area contributed by atoms with Crippen LogP contribution in [0.2, 0.25) is 0 Å². The van der Waals surface area contributed by atoms with Crippen molar-refractivity contribution in [1.82, 2.24) is 10.6 Å². The second kappa shape index (κ2) is 8.77. The average Bonchev–Trinajstić information content (AvgIpc) is 2.55. The molecule has 0 atom stereocenters. The fourth-order valence-corrected chi connectivity index (χ4v) is 2.90. The lowest BCUT2D eigenvalue weighted by Gasteiger charge is -2.12. The number of hydrogen-bond acceptors (Lipinski definition) is 3. The molecule has 0 unspecified atom stereocenters. The van der Waals surface area contributed by atoms with Gasteiger partial charge >= 0.3 is 0 Å². The molecule has 25 heavy (non-hydrogen) atoms. The summed E-state index contributed by atoms with van der Waals surface area (Å²) in [6.07, 6.45) is 1.82. The van der Waals surface area contributed by atoms with Crippen molar-refractivity contribution in [3.8, 4) is 0 Å². The molecule has 0 saturated heterocycles. The van der Waals surface area contributed by atoms with Crippen molar-refractivity contribution in [1.29, 1.82) is 0 Å². The highest BCUT2D eigenvalue weighted by Crippen LogP contribution is 2.16. The van der Waals surface area contributed by atoms with Gasteiger partial charge in [0.05, 0.1) is 11.9 Å². The van der Waals surface area contributed by atoms with E-state index >= 15 is 0 Å². The topological polar surface area (TPSA) is 70.2 Å². The smallest absolute Gasteiger partial charge is 0.229 e. The van der Waals surface area contributed by atoms with Crippen LogP contribution in [0.5, 0.6) is 0 Å². The van der Waals surface area contributed by atoms with E-state index < -0.39 is 15.8 Å². The van der Waals surface area contributed by atoms with Crippen LogP contribution >= 0.6 is 12.2 Å². The summed E-state index contributed by atoms with van der Waals surface area (Å²) >= 11 is 5.19. The van der Waals surface area contributed by atoms with Crippen molar-refractivity contribution in [3.05, 3.63) is 65.5 Å². The lowest BCUT2D eigenvalue weighted by atomic mass is 10.1. The van der Waals surface area contributed by atoms with Crippen LogP contribution in [0.1, 0.15) is 11.1 Å². The Morgan fingerprint density at radius 3 is 2.44 bits per heavy atom. The summed E-state index contributed by atoms with van der Waals surface area (Å²) in [6.45, 7) is 1.04. The van der Waals surface area contributed by atoms with E-state index in [2.05, 4.69) is 15.4 Å². The summed E-state index contributed by atoms with van der Waals surface area (Å²) in [5.74, 6) is -0.632. The predicted molar refractivity (Wildman–Crippen MR) is 102 cm³/mol. The molecule has 0 radical (unpaired) electrons. The van der Waals surface area contributed by atoms with Crippen LogP contribution in [-0.4, -0.2) is 26.3 Å². The molecule has 2 aromatic rings. The van der Waals surface area contributed by atoms with Crippen molar-refractivity contribution in [2.75, 3.05) is 17.5 Å². The first-order chi connectivity index (χ1) is 11.8. The zero-order valence-electron chi connectivity index (χ0n) is 13.8. The van der Waals surface area contributed by atoms with Gasteiger partial charge in [0.2, 0.25) is 10.0 Å². The molecule has 0 aliphatic carbocycles. The van der Waals surface area contributed by atoms with Gasteiger partial charge in [0.25, 0.3) is 0 Å². The van der Waals surface area contributed by atoms with E-state index in [0.29, 0.717) is 23.8 Å². The largest absolute Gasteiger partial charge is 0.362 e. The van der Waals surface area contributed by atoms with Crippen LogP contribution in [0, 0.1) is 5.82 Å². The van der Waals surface area contributed by atoms with Gasteiger partial charge < -0.3 is 10.6 Å². The maximum absolute atomic E-state index is 13.9. The summed E-state index contributed by atoms with van der Waals surface area (Å²) in [6, 6.07) is 14.3. The molecule has 0 fully saturated rings. The predicted octanol–water partition coefficient (Wildman–Crippen LogP) is 2.40. The highest BCUT2D eigenvalue weighted by Gasteiger charge is 2.08. The Balaban J connectivity index is 1.78. The molecular weight excluding hydrogens is 361 g/mol. The first-order valence-electron chi connectivity index (χ1n) is 7.65. The Morgan fingerprint density at radius 1 is 1.08 bits per heavy atom. The van der Waals surface area contributed by atoms with Gasteiger partial charge in [-0.1, -0.05) is 36.4 Å². The second-order valence-corrected chi connectivity index (χ2v) is 7.69. The monoisotopic (exact) mass is 381 g/mol. The molecule has 0 heterocycles. The molecule has 0 spiro atoms. The quantitative estimate of drug-likeness (QED) is 0.643. The molecule has 0 amide bonds. The van der Waals surface area contributed by atoms with E-state index in [1.165, 1.54) is 17.7 Å². The average molecular weight is 381 g/mol. The fraction of sp³-hybridized carbons (Fsp3) is 0.235. The lowest BCUT2D eigenvalue weighted by molar-refractivity contribution is 0.603. The maximum Gasteiger partial charge on any atom is 0.229 e. The summed E-state index contributed by atoms with van der Waals surface area (Å²) in [5, 5.41) is 6.57. The van der Waals surface area contributed by atoms with Gasteiger partial charge in [0, 0.05) is 13.1 Å². The molecule has 2 aromatic carbocycles. The van der Waals surface area contributed by atoms with Crippen LogP contribution in [0.15, 0.2) is 48.5 Å². The van der Waals surface area contributed by atoms with E-state index in [9.17, 15) is 12.8 Å². The lowest BCUT2D eigenvalue weighted by Crippen LogP contribution is -2.35. The Morgan fingerprint density at radius 2 is 1.80 bits per heavy atom. The maximum atomic E-state index is 13.9. The molecular formula is C17H20FN3O2S2. The minimum absolute atomic E-state index is 0.0742. The second-order valence-electron chi connectivity index (χ2n) is 5.53. The van der Waals surface area contributed by atoms with Gasteiger partial charge in [-0.2, -0.15) is 0 Å². The standard InChI is InChI=1S/C17H20FN3O2S2/c1-25(22,23)21-16-8-7-14(11-15(16)18)12-20-17(24)19-10-9-13-5-3-2-4-6-13/h2-8,11,21H,9-10,12H2,1H3,(H2,19,20,24). The molecule has 134 valence electrons. The molecule has 3 N–H and O–H groups in total. The Labute approximate surface area is 152 Å². The molecule has 5 nitrogen and oxygen atoms in total. The number of sulfonamides is 1. The Hall–Kier alpha value is -2.19. The minimum atomic E-state index is -3.51. The van der Waals surface area contributed by atoms with Gasteiger partial charge in [-0.15, -0.1) is 0 Å². The highest BCUT2D eigenvalue weighted by atomic mass is 32.2. The third kappa shape index (κ3) is 7.06. The zero-order chi connectivity index (χ0) is 18.3. The van der Waals surface area contributed by atoms with Gasteiger partial charge in [-0.05, 0) is 41.9 Å². The van der Waals surface area contributed by atoms with E-state index in [4.69, 9.17) is 12.2 Å². The number of hydrogen-bond donors (Lipinski definition) is 3. The SMILES string of the molecule is CS(=O)(=O)Nc1ccc(CNC(=S)NCCc2ccccc2)cc1F. The van der Waals surface area contributed by atoms with Crippen LogP contribution in [-0.2, 0) is 23.0 Å². The summed E-state index contributed by atoms with van der Waals surface area (Å²) in [7, 11) is -3.51. The number of anilines is 1. The van der Waals surface area contributed by atoms with Crippen molar-refractivity contribution < 1.29 is 12.8 Å². The van der Waals surface area contributed by atoms with E-state index in [1.807, 2.05) is 30.3 Å². The molecule has 0 aromatic heterocycles. The summed E-state index contributed by atoms with van der Waals surface area (Å²) < 4.78 is 38.3. The van der Waals surface area contributed by atoms with Crippen LogP contribution < -0.4 is 15.4 Å². The molecule has 2 rings (SSSR count). The van der Waals surface area contributed by atoms with Crippen molar-refractivity contribution in [2.24, 2.45) is 0 Å². The molecule has 0 bridgehead atoms. The van der Waals surface area contributed by atoms with Gasteiger partial charge in [-0.3, -0.25) is 4.72 Å². The summed E-state index contributed by atoms with van der Waals surface area (Å²) in [5.41, 5.74) is 1.80. The number of benzene rings is 2. The van der Waals surface area contributed by atoms with Crippen LogP contribution in [0.4, 0.5) is 10.1 Å². The number of rotatable bonds is 7. The molecule has 0 aliphatic heterocycles. The highest BCUT2D eigenvalue weighted by molar-refractivity contribution is 7.92. The fourth-order valence-electron chi connectivity index (χ4n) is 2.16.